The molecule has 1 fully saturated rings. The molecule has 1 aromatic carbocycles. The van der Waals surface area contributed by atoms with E-state index >= 15 is 0 Å². The maximum Gasteiger partial charge on any atom is 0.222 e. The second-order valence-corrected chi connectivity index (χ2v) is 6.48. The van der Waals surface area contributed by atoms with E-state index in [1.165, 1.54) is 0 Å². The number of nitrogens with zero attached hydrogens (tertiary/aromatic N) is 3. The average molecular weight is 355 g/mol. The van der Waals surface area contributed by atoms with Gasteiger partial charge in [-0.05, 0) is 43.9 Å². The number of benzene rings is 1. The molecule has 0 radical (unpaired) electrons. The summed E-state index contributed by atoms with van der Waals surface area (Å²) in [5.74, 6) is 1.07. The van der Waals surface area contributed by atoms with E-state index in [0.29, 0.717) is 24.4 Å². The van der Waals surface area contributed by atoms with Gasteiger partial charge in [-0.15, -0.1) is 0 Å². The Hall–Kier alpha value is -2.55. The third-order valence-corrected chi connectivity index (χ3v) is 4.42. The molecule has 0 bridgehead atoms. The second-order valence-electron chi connectivity index (χ2n) is 6.48. The molecule has 1 heterocycles. The first-order chi connectivity index (χ1) is 12.7. The largest absolute Gasteiger partial charge is 0.357 e. The normalized spacial score (nSPS) is 15.3. The Labute approximate surface area is 156 Å². The molecule has 0 unspecified atom stereocenters. The standard InChI is InChI=1S/C20H29N5O/c1-2-22-20(24-16-18-10-8-17(15-21)9-11-18)23-12-6-14-25-13-5-3-4-7-19(25)26/h8-11H,2-7,12-14,16H2,1H3,(H2,22,23,24). The van der Waals surface area contributed by atoms with Gasteiger partial charge in [0.25, 0.3) is 0 Å². The molecule has 1 aliphatic heterocycles. The zero-order chi connectivity index (χ0) is 18.6. The summed E-state index contributed by atoms with van der Waals surface area (Å²) < 4.78 is 0. The smallest absolute Gasteiger partial charge is 0.222 e. The van der Waals surface area contributed by atoms with E-state index in [0.717, 1.165) is 63.4 Å². The van der Waals surface area contributed by atoms with Crippen LogP contribution in [0.25, 0.3) is 0 Å². The molecule has 6 nitrogen and oxygen atoms in total. The van der Waals surface area contributed by atoms with Gasteiger partial charge < -0.3 is 15.5 Å². The lowest BCUT2D eigenvalue weighted by Gasteiger charge is -2.20. The van der Waals surface area contributed by atoms with Crippen LogP contribution in [0.2, 0.25) is 0 Å². The number of aliphatic imine (C=N–C) groups is 1. The van der Waals surface area contributed by atoms with Crippen molar-refractivity contribution < 1.29 is 4.79 Å². The van der Waals surface area contributed by atoms with E-state index in [1.807, 2.05) is 36.1 Å². The Morgan fingerprint density at radius 2 is 2.04 bits per heavy atom. The Morgan fingerprint density at radius 1 is 1.23 bits per heavy atom. The molecule has 140 valence electrons. The summed E-state index contributed by atoms with van der Waals surface area (Å²) in [6.45, 7) is 5.87. The predicted octanol–water partition coefficient (Wildman–Crippen LogP) is 2.41. The number of carbonyl (C=O) groups is 1. The summed E-state index contributed by atoms with van der Waals surface area (Å²) in [6, 6.07) is 9.59. The molecule has 0 spiro atoms. The van der Waals surface area contributed by atoms with Gasteiger partial charge >= 0.3 is 0 Å². The van der Waals surface area contributed by atoms with Gasteiger partial charge in [-0.1, -0.05) is 18.6 Å². The van der Waals surface area contributed by atoms with Gasteiger partial charge in [-0.3, -0.25) is 4.79 Å². The van der Waals surface area contributed by atoms with Crippen LogP contribution in [0.4, 0.5) is 0 Å². The number of nitriles is 1. The number of hydrogen-bond acceptors (Lipinski definition) is 3. The van der Waals surface area contributed by atoms with Crippen LogP contribution in [0.5, 0.6) is 0 Å². The Kier molecular flexibility index (Phi) is 8.47. The van der Waals surface area contributed by atoms with E-state index in [9.17, 15) is 4.79 Å². The zero-order valence-corrected chi connectivity index (χ0v) is 15.6. The summed E-state index contributed by atoms with van der Waals surface area (Å²) in [4.78, 5) is 18.6. The van der Waals surface area contributed by atoms with Gasteiger partial charge in [0.05, 0.1) is 18.2 Å². The SMILES string of the molecule is CCNC(=NCc1ccc(C#N)cc1)NCCCN1CCCCCC1=O. The van der Waals surface area contributed by atoms with Crippen LogP contribution < -0.4 is 10.6 Å². The van der Waals surface area contributed by atoms with Crippen LogP contribution in [0, 0.1) is 11.3 Å². The predicted molar refractivity (Wildman–Crippen MR) is 104 cm³/mol. The van der Waals surface area contributed by atoms with Crippen molar-refractivity contribution in [1.82, 2.24) is 15.5 Å². The quantitative estimate of drug-likeness (QED) is 0.447. The molecule has 0 aromatic heterocycles. The molecular formula is C20H29N5O. The summed E-state index contributed by atoms with van der Waals surface area (Å²) in [7, 11) is 0. The van der Waals surface area contributed by atoms with Crippen molar-refractivity contribution in [2.75, 3.05) is 26.2 Å². The van der Waals surface area contributed by atoms with E-state index in [1.54, 1.807) is 0 Å². The molecule has 1 amide bonds. The molecule has 2 N–H and O–H groups in total. The maximum absolute atomic E-state index is 12.0. The molecule has 26 heavy (non-hydrogen) atoms. The van der Waals surface area contributed by atoms with Gasteiger partial charge in [-0.25, -0.2) is 4.99 Å². The molecule has 0 atom stereocenters. The molecule has 0 saturated carbocycles. The van der Waals surface area contributed by atoms with E-state index in [-0.39, 0.29) is 0 Å². The number of amides is 1. The van der Waals surface area contributed by atoms with Crippen LogP contribution in [0.3, 0.4) is 0 Å². The van der Waals surface area contributed by atoms with Crippen molar-refractivity contribution in [1.29, 1.82) is 5.26 Å². The Morgan fingerprint density at radius 3 is 2.77 bits per heavy atom. The van der Waals surface area contributed by atoms with Crippen molar-refractivity contribution >= 4 is 11.9 Å². The fourth-order valence-electron chi connectivity index (χ4n) is 2.95. The number of likely N-dealkylation sites (tertiary alicyclic amines) is 1. The third kappa shape index (κ3) is 6.75. The minimum atomic E-state index is 0.295. The highest BCUT2D eigenvalue weighted by Gasteiger charge is 2.15. The number of guanidine groups is 1. The van der Waals surface area contributed by atoms with Gasteiger partial charge in [0, 0.05) is 32.6 Å². The average Bonchev–Trinajstić information content (AvgIpc) is 2.87. The molecule has 1 aromatic rings. The van der Waals surface area contributed by atoms with Crippen molar-refractivity contribution in [3.63, 3.8) is 0 Å². The number of nitrogens with one attached hydrogen (secondary N) is 2. The lowest BCUT2D eigenvalue weighted by molar-refractivity contribution is -0.130. The molecule has 0 aliphatic carbocycles. The van der Waals surface area contributed by atoms with E-state index < -0.39 is 0 Å². The second kappa shape index (κ2) is 11.1. The van der Waals surface area contributed by atoms with Gasteiger partial charge in [-0.2, -0.15) is 5.26 Å². The first kappa shape index (κ1) is 19.8. The molecule has 2 rings (SSSR count). The van der Waals surface area contributed by atoms with Gasteiger partial charge in [0.2, 0.25) is 5.91 Å². The monoisotopic (exact) mass is 355 g/mol. The first-order valence-corrected chi connectivity index (χ1v) is 9.52. The fraction of sp³-hybridized carbons (Fsp3) is 0.550. The molecule has 1 aliphatic rings. The highest BCUT2D eigenvalue weighted by molar-refractivity contribution is 5.79. The lowest BCUT2D eigenvalue weighted by atomic mass is 10.1. The van der Waals surface area contributed by atoms with Crippen molar-refractivity contribution in [3.8, 4) is 6.07 Å². The summed E-state index contributed by atoms with van der Waals surface area (Å²) in [6.07, 6.45) is 4.91. The lowest BCUT2D eigenvalue weighted by Crippen LogP contribution is -2.39. The highest BCUT2D eigenvalue weighted by atomic mass is 16.2. The molecule has 6 heteroatoms. The van der Waals surface area contributed by atoms with Gasteiger partial charge in [0.1, 0.15) is 0 Å². The fourth-order valence-corrected chi connectivity index (χ4v) is 2.95. The summed E-state index contributed by atoms with van der Waals surface area (Å²) >= 11 is 0. The molecule has 1 saturated heterocycles. The zero-order valence-electron chi connectivity index (χ0n) is 15.6. The van der Waals surface area contributed by atoms with Crippen molar-refractivity contribution in [3.05, 3.63) is 35.4 Å². The third-order valence-electron chi connectivity index (χ3n) is 4.42. The Balaban J connectivity index is 1.77. The van der Waals surface area contributed by atoms with Crippen LogP contribution >= 0.6 is 0 Å². The van der Waals surface area contributed by atoms with Crippen molar-refractivity contribution in [2.24, 2.45) is 4.99 Å². The van der Waals surface area contributed by atoms with E-state index in [4.69, 9.17) is 5.26 Å². The van der Waals surface area contributed by atoms with Crippen LogP contribution in [0.15, 0.2) is 29.3 Å². The molecular weight excluding hydrogens is 326 g/mol. The highest BCUT2D eigenvalue weighted by Crippen LogP contribution is 2.11. The van der Waals surface area contributed by atoms with Crippen molar-refractivity contribution in [2.45, 2.75) is 45.6 Å². The summed E-state index contributed by atoms with van der Waals surface area (Å²) in [5.41, 5.74) is 1.72. The van der Waals surface area contributed by atoms with Crippen LogP contribution in [0.1, 0.15) is 50.2 Å². The van der Waals surface area contributed by atoms with Crippen LogP contribution in [-0.2, 0) is 11.3 Å². The van der Waals surface area contributed by atoms with Gasteiger partial charge in [0.15, 0.2) is 5.96 Å². The Bertz CT molecular complexity index is 633. The van der Waals surface area contributed by atoms with Crippen LogP contribution in [-0.4, -0.2) is 42.9 Å². The number of carbonyl (C=O) groups excluding carboxylic acids is 1. The summed E-state index contributed by atoms with van der Waals surface area (Å²) in [5, 5.41) is 15.4. The van der Waals surface area contributed by atoms with E-state index in [2.05, 4.69) is 21.7 Å². The maximum atomic E-state index is 12.0. The minimum absolute atomic E-state index is 0.295. The first-order valence-electron chi connectivity index (χ1n) is 9.52. The topological polar surface area (TPSA) is 80.5 Å². The minimum Gasteiger partial charge on any atom is -0.357 e. The number of hydrogen-bond donors (Lipinski definition) is 2. The number of rotatable bonds is 7.